The third kappa shape index (κ3) is 4.58. The zero-order valence-electron chi connectivity index (χ0n) is 20.7. The molecule has 1 heterocycles. The molecule has 1 aliphatic heterocycles. The Kier molecular flexibility index (Phi) is 7.02. The van der Waals surface area contributed by atoms with E-state index >= 15 is 0 Å². The number of methoxy groups -OCH3 is 4. The minimum Gasteiger partial charge on any atom is -0.493 e. The Morgan fingerprint density at radius 2 is 1.74 bits per heavy atom. The lowest BCUT2D eigenvalue weighted by atomic mass is 9.95. The molecule has 8 heteroatoms. The fraction of sp³-hybridized carbons (Fsp3) is 0.500. The predicted molar refractivity (Wildman–Crippen MR) is 128 cm³/mol. The number of hydrogen-bond acceptors (Lipinski definition) is 8. The van der Waals surface area contributed by atoms with Crippen molar-refractivity contribution in [3.8, 4) is 34.1 Å². The molecule has 2 aliphatic rings. The van der Waals surface area contributed by atoms with Crippen molar-refractivity contribution in [1.82, 2.24) is 5.32 Å². The van der Waals surface area contributed by atoms with Crippen molar-refractivity contribution in [2.24, 2.45) is 0 Å². The Morgan fingerprint density at radius 1 is 1.00 bits per heavy atom. The molecule has 4 rings (SSSR count). The Hall–Kier alpha value is -2.81. The van der Waals surface area contributed by atoms with Gasteiger partial charge in [-0.25, -0.2) is 0 Å². The summed E-state index contributed by atoms with van der Waals surface area (Å²) in [5.41, 5.74) is 3.51. The van der Waals surface area contributed by atoms with E-state index in [-0.39, 0.29) is 23.3 Å². The van der Waals surface area contributed by atoms with Gasteiger partial charge in [0.05, 0.1) is 41.2 Å². The van der Waals surface area contributed by atoms with E-state index in [1.54, 1.807) is 33.5 Å². The van der Waals surface area contributed by atoms with Crippen LogP contribution in [0, 0.1) is 0 Å². The zero-order chi connectivity index (χ0) is 24.5. The molecule has 2 aromatic rings. The van der Waals surface area contributed by atoms with Crippen LogP contribution in [-0.4, -0.2) is 53.5 Å². The largest absolute Gasteiger partial charge is 0.493 e. The second kappa shape index (κ2) is 9.82. The van der Waals surface area contributed by atoms with Crippen molar-refractivity contribution in [2.45, 2.75) is 44.6 Å². The summed E-state index contributed by atoms with van der Waals surface area (Å²) in [6, 6.07) is 7.18. The normalized spacial score (nSPS) is 20.6. The standard InChI is InChI=1S/C26H33NO7/c1-26(2)33-14-16(34-26)13-27-19-9-7-15-11-22(30-4)24(31-5)25(32-6)23(15)17-8-10-21(29-3)20(28)12-18(17)19/h8,10-12,16,19,27H,7,9,13-14H2,1-6H3. The van der Waals surface area contributed by atoms with E-state index in [1.807, 2.05) is 26.0 Å². The zero-order valence-corrected chi connectivity index (χ0v) is 20.7. The Morgan fingerprint density at radius 3 is 2.35 bits per heavy atom. The van der Waals surface area contributed by atoms with Gasteiger partial charge in [0.25, 0.3) is 0 Å². The molecule has 1 fully saturated rings. The van der Waals surface area contributed by atoms with Crippen LogP contribution in [0.3, 0.4) is 0 Å². The fourth-order valence-electron chi connectivity index (χ4n) is 4.82. The lowest BCUT2D eigenvalue weighted by Gasteiger charge is -2.22. The summed E-state index contributed by atoms with van der Waals surface area (Å²) in [7, 11) is 6.31. The smallest absolute Gasteiger partial charge is 0.220 e. The van der Waals surface area contributed by atoms with Gasteiger partial charge in [-0.05, 0) is 61.6 Å². The first-order chi connectivity index (χ1) is 16.3. The van der Waals surface area contributed by atoms with Gasteiger partial charge in [0, 0.05) is 18.2 Å². The molecule has 2 unspecified atom stereocenters. The number of fused-ring (bicyclic) bond motifs is 3. The highest BCUT2D eigenvalue weighted by Crippen LogP contribution is 2.50. The molecule has 2 atom stereocenters. The average Bonchev–Trinajstić information content (AvgIpc) is 3.00. The lowest BCUT2D eigenvalue weighted by Crippen LogP contribution is -2.33. The summed E-state index contributed by atoms with van der Waals surface area (Å²) in [6.45, 7) is 4.93. The molecule has 1 aliphatic carbocycles. The molecule has 1 saturated heterocycles. The molecule has 0 saturated carbocycles. The van der Waals surface area contributed by atoms with Gasteiger partial charge in [0.2, 0.25) is 11.2 Å². The van der Waals surface area contributed by atoms with E-state index in [1.165, 1.54) is 7.11 Å². The quantitative estimate of drug-likeness (QED) is 0.657. The monoisotopic (exact) mass is 471 g/mol. The maximum absolute atomic E-state index is 12.9. The SMILES string of the molecule is COc1cc2c(c(OC)c1OC)-c1ccc(OC)c(=O)cc1C(NCC1COC(C)(C)O1)CC2. The third-order valence-electron chi connectivity index (χ3n) is 6.38. The molecule has 0 aromatic heterocycles. The second-order valence-electron chi connectivity index (χ2n) is 8.91. The van der Waals surface area contributed by atoms with Crippen molar-refractivity contribution in [2.75, 3.05) is 41.6 Å². The van der Waals surface area contributed by atoms with Gasteiger partial charge >= 0.3 is 0 Å². The summed E-state index contributed by atoms with van der Waals surface area (Å²) in [5, 5.41) is 3.62. The van der Waals surface area contributed by atoms with Gasteiger partial charge in [-0.2, -0.15) is 0 Å². The Labute approximate surface area is 200 Å². The van der Waals surface area contributed by atoms with E-state index in [4.69, 9.17) is 28.4 Å². The van der Waals surface area contributed by atoms with Crippen LogP contribution in [0.25, 0.3) is 11.1 Å². The molecule has 0 amide bonds. The van der Waals surface area contributed by atoms with Gasteiger partial charge in [-0.3, -0.25) is 4.79 Å². The summed E-state index contributed by atoms with van der Waals surface area (Å²) in [4.78, 5) is 12.9. The number of benzene rings is 1. The first-order valence-corrected chi connectivity index (χ1v) is 11.4. The highest BCUT2D eigenvalue weighted by molar-refractivity contribution is 5.82. The van der Waals surface area contributed by atoms with Gasteiger partial charge in [-0.15, -0.1) is 0 Å². The summed E-state index contributed by atoms with van der Waals surface area (Å²) in [6.07, 6.45) is 1.44. The van der Waals surface area contributed by atoms with Crippen LogP contribution in [0.5, 0.6) is 23.0 Å². The molecule has 0 bridgehead atoms. The number of ether oxygens (including phenoxy) is 6. The molecular weight excluding hydrogens is 438 g/mol. The van der Waals surface area contributed by atoms with E-state index < -0.39 is 5.79 Å². The summed E-state index contributed by atoms with van der Waals surface area (Å²) in [5.74, 6) is 1.38. The van der Waals surface area contributed by atoms with Gasteiger partial charge in [0.1, 0.15) is 0 Å². The van der Waals surface area contributed by atoms with Crippen LogP contribution in [0.15, 0.2) is 29.1 Å². The van der Waals surface area contributed by atoms with E-state index in [2.05, 4.69) is 5.32 Å². The Balaban J connectivity index is 1.84. The van der Waals surface area contributed by atoms with Crippen molar-refractivity contribution in [3.63, 3.8) is 0 Å². The van der Waals surface area contributed by atoms with Crippen molar-refractivity contribution < 1.29 is 28.4 Å². The highest BCUT2D eigenvalue weighted by atomic mass is 16.7. The maximum atomic E-state index is 12.9. The molecule has 34 heavy (non-hydrogen) atoms. The third-order valence-corrected chi connectivity index (χ3v) is 6.38. The minimum absolute atomic E-state index is 0.0717. The summed E-state index contributed by atoms with van der Waals surface area (Å²) >= 11 is 0. The molecule has 0 radical (unpaired) electrons. The van der Waals surface area contributed by atoms with Crippen molar-refractivity contribution in [3.05, 3.63) is 45.6 Å². The number of aryl methyl sites for hydroxylation is 1. The molecular formula is C26H33NO7. The fourth-order valence-corrected chi connectivity index (χ4v) is 4.82. The summed E-state index contributed by atoms with van der Waals surface area (Å²) < 4.78 is 34.1. The number of rotatable bonds is 7. The van der Waals surface area contributed by atoms with Crippen LogP contribution in [0.1, 0.15) is 37.4 Å². The van der Waals surface area contributed by atoms with Gasteiger partial charge < -0.3 is 33.7 Å². The topological polar surface area (TPSA) is 84.5 Å². The maximum Gasteiger partial charge on any atom is 0.220 e. The first kappa shape index (κ1) is 24.3. The van der Waals surface area contributed by atoms with Crippen LogP contribution in [-0.2, 0) is 15.9 Å². The molecule has 1 N–H and O–H groups in total. The second-order valence-corrected chi connectivity index (χ2v) is 8.91. The molecule has 184 valence electrons. The van der Waals surface area contributed by atoms with Gasteiger partial charge in [0.15, 0.2) is 23.0 Å². The number of nitrogens with one attached hydrogen (secondary N) is 1. The van der Waals surface area contributed by atoms with Gasteiger partial charge in [-0.1, -0.05) is 6.07 Å². The van der Waals surface area contributed by atoms with E-state index in [9.17, 15) is 4.79 Å². The lowest BCUT2D eigenvalue weighted by molar-refractivity contribution is -0.137. The Bertz CT molecular complexity index is 1120. The van der Waals surface area contributed by atoms with Crippen molar-refractivity contribution >= 4 is 0 Å². The van der Waals surface area contributed by atoms with Crippen LogP contribution in [0.2, 0.25) is 0 Å². The van der Waals surface area contributed by atoms with Crippen LogP contribution < -0.4 is 29.7 Å². The molecule has 2 aromatic carbocycles. The average molecular weight is 472 g/mol. The van der Waals surface area contributed by atoms with Crippen LogP contribution >= 0.6 is 0 Å². The molecule has 8 nitrogen and oxygen atoms in total. The predicted octanol–water partition coefficient (Wildman–Crippen LogP) is 3.48. The van der Waals surface area contributed by atoms with Crippen LogP contribution in [0.4, 0.5) is 0 Å². The van der Waals surface area contributed by atoms with Crippen molar-refractivity contribution in [1.29, 1.82) is 0 Å². The first-order valence-electron chi connectivity index (χ1n) is 11.4. The van der Waals surface area contributed by atoms with E-state index in [0.717, 1.165) is 35.1 Å². The highest BCUT2D eigenvalue weighted by Gasteiger charge is 2.34. The molecule has 0 spiro atoms. The number of hydrogen-bond donors (Lipinski definition) is 1. The minimum atomic E-state index is -0.591. The van der Waals surface area contributed by atoms with E-state index in [0.29, 0.717) is 30.4 Å².